The molecule has 0 amide bonds. The highest BCUT2D eigenvalue weighted by Crippen LogP contribution is 2.53. The Morgan fingerprint density at radius 1 is 0.844 bits per heavy atom. The fourth-order valence-electron chi connectivity index (χ4n) is 4.84. The summed E-state index contributed by atoms with van der Waals surface area (Å²) in [7, 11) is -3.67. The zero-order valence-electron chi connectivity index (χ0n) is 17.7. The molecule has 0 heterocycles. The minimum absolute atomic E-state index is 0.0238. The van der Waals surface area contributed by atoms with Crippen molar-refractivity contribution in [1.29, 1.82) is 0 Å². The molecule has 2 aliphatic rings. The highest BCUT2D eigenvalue weighted by atomic mass is 32.2. The van der Waals surface area contributed by atoms with Crippen LogP contribution < -0.4 is 4.31 Å². The van der Waals surface area contributed by atoms with Gasteiger partial charge in [0.2, 0.25) is 10.0 Å². The number of anilines is 1. The van der Waals surface area contributed by atoms with Crippen LogP contribution in [0.5, 0.6) is 0 Å². The van der Waals surface area contributed by atoms with Gasteiger partial charge in [0.1, 0.15) is 0 Å². The fraction of sp³-hybridized carbons (Fsp3) is 0.148. The third-order valence-corrected chi connectivity index (χ3v) is 8.02. The van der Waals surface area contributed by atoms with E-state index in [9.17, 15) is 13.2 Å². The molecule has 5 heteroatoms. The predicted octanol–water partition coefficient (Wildman–Crippen LogP) is 5.33. The molecule has 3 aromatic carbocycles. The first-order chi connectivity index (χ1) is 15.5. The average Bonchev–Trinajstić information content (AvgIpc) is 3.11. The lowest BCUT2D eigenvalue weighted by Gasteiger charge is -2.40. The molecule has 0 saturated carbocycles. The maximum absolute atomic E-state index is 13.7. The van der Waals surface area contributed by atoms with Gasteiger partial charge in [0.05, 0.1) is 22.6 Å². The molecular formula is C27H23NO3S. The van der Waals surface area contributed by atoms with Crippen LogP contribution in [0.25, 0.3) is 6.08 Å². The molecule has 2 aliphatic carbocycles. The van der Waals surface area contributed by atoms with E-state index in [2.05, 4.69) is 0 Å². The lowest BCUT2D eigenvalue weighted by molar-refractivity contribution is 0.104. The van der Waals surface area contributed by atoms with Crippen LogP contribution in [-0.4, -0.2) is 20.0 Å². The minimum Gasteiger partial charge on any atom is -0.289 e. The first kappa shape index (κ1) is 20.5. The molecular weight excluding hydrogens is 418 g/mol. The Labute approximate surface area is 188 Å². The van der Waals surface area contributed by atoms with E-state index in [1.54, 1.807) is 6.08 Å². The quantitative estimate of drug-likeness (QED) is 0.538. The molecule has 0 radical (unpaired) electrons. The molecule has 0 bridgehead atoms. The van der Waals surface area contributed by atoms with E-state index in [1.165, 1.54) is 4.31 Å². The highest BCUT2D eigenvalue weighted by molar-refractivity contribution is 7.93. The van der Waals surface area contributed by atoms with Crippen molar-refractivity contribution in [2.24, 2.45) is 0 Å². The Bertz CT molecular complexity index is 1370. The van der Waals surface area contributed by atoms with Crippen LogP contribution in [0.1, 0.15) is 40.4 Å². The van der Waals surface area contributed by atoms with E-state index in [0.717, 1.165) is 16.7 Å². The van der Waals surface area contributed by atoms with E-state index in [0.29, 0.717) is 23.4 Å². The summed E-state index contributed by atoms with van der Waals surface area (Å²) in [6, 6.07) is 24.6. The fourth-order valence-corrected chi connectivity index (χ4v) is 6.48. The molecule has 0 unspecified atom stereocenters. The Hall–Kier alpha value is -3.44. The van der Waals surface area contributed by atoms with Crippen molar-refractivity contribution >= 4 is 27.6 Å². The Kier molecular flexibility index (Phi) is 4.86. The summed E-state index contributed by atoms with van der Waals surface area (Å²) in [6.07, 6.45) is 5.90. The lowest BCUT2D eigenvalue weighted by atomic mass is 9.69. The third-order valence-electron chi connectivity index (χ3n) is 6.13. The number of carbonyl (C=O) groups excluding carboxylic acids is 1. The largest absolute Gasteiger partial charge is 0.289 e. The first-order valence-electron chi connectivity index (χ1n) is 10.7. The molecule has 5 rings (SSSR count). The minimum atomic E-state index is -3.67. The van der Waals surface area contributed by atoms with Crippen LogP contribution in [0.2, 0.25) is 0 Å². The molecule has 0 saturated heterocycles. The van der Waals surface area contributed by atoms with Crippen molar-refractivity contribution in [3.8, 4) is 0 Å². The molecule has 1 atom stereocenters. The molecule has 160 valence electrons. The predicted molar refractivity (Wildman–Crippen MR) is 128 cm³/mol. The summed E-state index contributed by atoms with van der Waals surface area (Å²) in [5.41, 5.74) is 3.65. The van der Waals surface area contributed by atoms with E-state index >= 15 is 0 Å². The van der Waals surface area contributed by atoms with Gasteiger partial charge in [-0.25, -0.2) is 12.7 Å². The van der Waals surface area contributed by atoms with E-state index in [1.807, 2.05) is 97.9 Å². The third kappa shape index (κ3) is 2.96. The summed E-state index contributed by atoms with van der Waals surface area (Å²) >= 11 is 0. The summed E-state index contributed by atoms with van der Waals surface area (Å²) in [6.45, 7) is 1.86. The summed E-state index contributed by atoms with van der Waals surface area (Å²) in [5, 5.41) is 0. The van der Waals surface area contributed by atoms with Gasteiger partial charge in [-0.3, -0.25) is 4.79 Å². The number of sulfonamides is 1. The number of rotatable bonds is 5. The number of allylic oxidation sites excluding steroid dienone is 2. The van der Waals surface area contributed by atoms with Gasteiger partial charge in [0.15, 0.2) is 5.78 Å². The van der Waals surface area contributed by atoms with Crippen molar-refractivity contribution in [1.82, 2.24) is 0 Å². The zero-order chi connectivity index (χ0) is 22.3. The Balaban J connectivity index is 1.85. The maximum atomic E-state index is 13.7. The van der Waals surface area contributed by atoms with Crippen molar-refractivity contribution < 1.29 is 13.2 Å². The average molecular weight is 442 g/mol. The molecule has 0 aliphatic heterocycles. The van der Waals surface area contributed by atoms with Crippen molar-refractivity contribution in [3.63, 3.8) is 0 Å². The van der Waals surface area contributed by atoms with E-state index < -0.39 is 15.4 Å². The van der Waals surface area contributed by atoms with Gasteiger partial charge in [-0.15, -0.1) is 0 Å². The molecule has 0 fully saturated rings. The van der Waals surface area contributed by atoms with Gasteiger partial charge >= 0.3 is 0 Å². The summed E-state index contributed by atoms with van der Waals surface area (Å²) in [4.78, 5) is 12.7. The number of nitrogens with zero attached hydrogens (tertiary/aromatic N) is 1. The van der Waals surface area contributed by atoms with Crippen LogP contribution in [0.4, 0.5) is 5.69 Å². The van der Waals surface area contributed by atoms with Crippen LogP contribution >= 0.6 is 0 Å². The number of carbonyl (C=O) groups is 1. The number of benzene rings is 3. The van der Waals surface area contributed by atoms with Gasteiger partial charge < -0.3 is 0 Å². The number of hydrogen-bond acceptors (Lipinski definition) is 3. The molecule has 4 nitrogen and oxygen atoms in total. The number of para-hydroxylation sites is 1. The normalized spacial score (nSPS) is 18.9. The van der Waals surface area contributed by atoms with Crippen LogP contribution in [0.3, 0.4) is 0 Å². The second kappa shape index (κ2) is 7.61. The van der Waals surface area contributed by atoms with Crippen molar-refractivity contribution in [2.75, 3.05) is 10.1 Å². The number of fused-ring (bicyclic) bond motifs is 4. The van der Waals surface area contributed by atoms with Crippen LogP contribution in [0.15, 0.2) is 96.7 Å². The van der Waals surface area contributed by atoms with Crippen molar-refractivity contribution in [2.45, 2.75) is 18.8 Å². The number of hydrogen-bond donors (Lipinski definition) is 0. The first-order valence-corrected chi connectivity index (χ1v) is 12.3. The number of ketones is 1. The SMILES string of the molecule is CCCS(=O)(=O)N(C1=Cc2ccccc2[C@]12C=CC(=O)c1ccccc12)c1ccccc1. The van der Waals surface area contributed by atoms with Gasteiger partial charge in [-0.1, -0.05) is 79.7 Å². The molecule has 1 spiro atoms. The van der Waals surface area contributed by atoms with Crippen LogP contribution in [-0.2, 0) is 15.4 Å². The van der Waals surface area contributed by atoms with Gasteiger partial charge in [-0.05, 0) is 47.4 Å². The van der Waals surface area contributed by atoms with Crippen LogP contribution in [0, 0.1) is 0 Å². The van der Waals surface area contributed by atoms with Crippen molar-refractivity contribution in [3.05, 3.63) is 119 Å². The zero-order valence-corrected chi connectivity index (χ0v) is 18.5. The standard InChI is InChI=1S/C27H23NO3S/c1-2-18-32(30,31)28(21-11-4-3-5-12-21)26-19-20-10-6-8-14-23(20)27(26)17-16-25(29)22-13-7-9-15-24(22)27/h3-17,19H,2,18H2,1H3/t27-/m0/s1. The monoisotopic (exact) mass is 441 g/mol. The molecule has 0 aromatic heterocycles. The maximum Gasteiger partial charge on any atom is 0.239 e. The second-order valence-corrected chi connectivity index (χ2v) is 10.0. The molecule has 32 heavy (non-hydrogen) atoms. The Morgan fingerprint density at radius 3 is 2.25 bits per heavy atom. The lowest BCUT2D eigenvalue weighted by Crippen LogP contribution is -2.42. The summed E-state index contributed by atoms with van der Waals surface area (Å²) in [5.74, 6) is -0.0479. The highest BCUT2D eigenvalue weighted by Gasteiger charge is 2.49. The smallest absolute Gasteiger partial charge is 0.239 e. The van der Waals surface area contributed by atoms with E-state index in [4.69, 9.17) is 0 Å². The Morgan fingerprint density at radius 2 is 1.50 bits per heavy atom. The second-order valence-electron chi connectivity index (χ2n) is 8.08. The molecule has 0 N–H and O–H groups in total. The van der Waals surface area contributed by atoms with E-state index in [-0.39, 0.29) is 11.5 Å². The topological polar surface area (TPSA) is 54.5 Å². The van der Waals surface area contributed by atoms with Gasteiger partial charge in [0, 0.05) is 5.56 Å². The molecule has 3 aromatic rings. The summed E-state index contributed by atoms with van der Waals surface area (Å²) < 4.78 is 28.8. The van der Waals surface area contributed by atoms with Gasteiger partial charge in [-0.2, -0.15) is 0 Å². The van der Waals surface area contributed by atoms with Gasteiger partial charge in [0.25, 0.3) is 0 Å².